The van der Waals surface area contributed by atoms with E-state index in [2.05, 4.69) is 55.4 Å². The average Bonchev–Trinajstić information content (AvgIpc) is 3.88. The summed E-state index contributed by atoms with van der Waals surface area (Å²) in [7, 11) is 2.13. The van der Waals surface area contributed by atoms with Gasteiger partial charge < -0.3 is 33.6 Å². The number of amides is 1. The van der Waals surface area contributed by atoms with Gasteiger partial charge in [-0.1, -0.05) is 48.5 Å². The summed E-state index contributed by atoms with van der Waals surface area (Å²) in [6.45, 7) is 3.52. The van der Waals surface area contributed by atoms with Crippen molar-refractivity contribution >= 4 is 78.8 Å². The lowest BCUT2D eigenvalue weighted by Crippen LogP contribution is -2.34. The van der Waals surface area contributed by atoms with Gasteiger partial charge in [-0.25, -0.2) is 4.79 Å². The number of nitrogens with zero attached hydrogens (tertiary/aromatic N) is 7. The molecule has 0 spiro atoms. The van der Waals surface area contributed by atoms with Crippen LogP contribution in [0.5, 0.6) is 23.0 Å². The Bertz CT molecular complexity index is 4100. The molecule has 0 bridgehead atoms. The molecule has 3 aliphatic heterocycles. The van der Waals surface area contributed by atoms with Crippen LogP contribution < -0.4 is 25.6 Å². The number of hydrogen-bond acceptors (Lipinski definition) is 14. The Kier molecular flexibility index (Phi) is 14.2. The zero-order chi connectivity index (χ0) is 53.3. The minimum absolute atomic E-state index is 0.00183. The number of thioether (sulfide) groups is 2. The van der Waals surface area contributed by atoms with Gasteiger partial charge in [-0.3, -0.25) is 34.3 Å². The normalized spacial score (nSPS) is 14.1. The maximum absolute atomic E-state index is 13.9. The number of aryl methyl sites for hydroxylation is 2. The highest BCUT2D eigenvalue weighted by atomic mass is 32.2. The topological polar surface area (TPSA) is 173 Å². The number of hydrogen-bond donors (Lipinski definition) is 1. The molecule has 0 saturated carbocycles. The molecular weight excluding hydrogens is 1020 g/mol. The van der Waals surface area contributed by atoms with Gasteiger partial charge in [0, 0.05) is 96.3 Å². The zero-order valence-electron chi connectivity index (χ0n) is 42.8. The van der Waals surface area contributed by atoms with Crippen LogP contribution in [-0.2, 0) is 17.6 Å². The molecule has 1 unspecified atom stereocenters. The molecular formula is C61H52N8O7S2. The first-order valence-corrected chi connectivity index (χ1v) is 27.9. The minimum Gasteiger partial charge on any atom is -0.462 e. The fourth-order valence-electron chi connectivity index (χ4n) is 10.5. The van der Waals surface area contributed by atoms with Crippen LogP contribution >= 0.6 is 23.5 Å². The molecule has 390 valence electrons. The lowest BCUT2D eigenvalue weighted by Gasteiger charge is -2.25. The molecule has 1 atom stereocenters. The quantitative estimate of drug-likeness (QED) is 0.0805. The van der Waals surface area contributed by atoms with Crippen LogP contribution in [0.15, 0.2) is 166 Å². The smallest absolute Gasteiger partial charge is 0.343 e. The predicted molar refractivity (Wildman–Crippen MR) is 306 cm³/mol. The third-order valence-electron chi connectivity index (χ3n) is 14.3. The second-order valence-corrected chi connectivity index (χ2v) is 21.6. The summed E-state index contributed by atoms with van der Waals surface area (Å²) in [5, 5.41) is 8.09. The molecule has 4 aromatic heterocycles. The van der Waals surface area contributed by atoms with E-state index >= 15 is 0 Å². The summed E-state index contributed by atoms with van der Waals surface area (Å²) in [5.74, 6) is 3.04. The van der Waals surface area contributed by atoms with Crippen LogP contribution in [0.25, 0.3) is 54.7 Å². The van der Waals surface area contributed by atoms with Gasteiger partial charge in [0.25, 0.3) is 5.91 Å². The number of fused-ring (bicyclic) bond motifs is 6. The van der Waals surface area contributed by atoms with Crippen LogP contribution in [0.1, 0.15) is 58.3 Å². The maximum atomic E-state index is 13.9. The molecule has 17 heteroatoms. The first-order valence-electron chi connectivity index (χ1n) is 26.0. The highest BCUT2D eigenvalue weighted by Crippen LogP contribution is 2.45. The van der Waals surface area contributed by atoms with E-state index in [0.29, 0.717) is 57.4 Å². The number of benzene rings is 6. The highest BCUT2D eigenvalue weighted by molar-refractivity contribution is 7.99. The highest BCUT2D eigenvalue weighted by Gasteiger charge is 2.29. The summed E-state index contributed by atoms with van der Waals surface area (Å²) >= 11 is 3.22. The van der Waals surface area contributed by atoms with Gasteiger partial charge in [0.1, 0.15) is 22.2 Å². The summed E-state index contributed by atoms with van der Waals surface area (Å²) in [4.78, 5) is 74.6. The van der Waals surface area contributed by atoms with Crippen molar-refractivity contribution in [3.8, 4) is 34.4 Å². The molecule has 3 aliphatic rings. The van der Waals surface area contributed by atoms with Gasteiger partial charge in [0.05, 0.1) is 40.1 Å². The van der Waals surface area contributed by atoms with E-state index in [1.165, 1.54) is 6.42 Å². The van der Waals surface area contributed by atoms with Gasteiger partial charge in [-0.05, 0) is 110 Å². The lowest BCUT2D eigenvalue weighted by atomic mass is 10.0. The number of ether oxygens (including phenoxy) is 3. The Morgan fingerprint density at radius 3 is 1.67 bits per heavy atom. The lowest BCUT2D eigenvalue weighted by molar-refractivity contribution is 0.0524. The first-order chi connectivity index (χ1) is 38.2. The number of carbonyl (C=O) groups excluding carboxylic acids is 2. The molecule has 1 saturated heterocycles. The minimum atomic E-state index is -0.635. The van der Waals surface area contributed by atoms with Gasteiger partial charge in [-0.15, -0.1) is 23.5 Å². The number of pyridine rings is 2. The maximum Gasteiger partial charge on any atom is 0.343 e. The Morgan fingerprint density at radius 1 is 0.667 bits per heavy atom. The first kappa shape index (κ1) is 50.4. The summed E-state index contributed by atoms with van der Waals surface area (Å²) in [6.07, 6.45) is 18.1. The van der Waals surface area contributed by atoms with E-state index in [1.807, 2.05) is 88.0 Å². The second-order valence-electron chi connectivity index (χ2n) is 19.3. The van der Waals surface area contributed by atoms with Gasteiger partial charge >= 0.3 is 5.97 Å². The van der Waals surface area contributed by atoms with Crippen molar-refractivity contribution < 1.29 is 23.8 Å². The molecule has 1 fully saturated rings. The van der Waals surface area contributed by atoms with Crippen molar-refractivity contribution in [3.05, 3.63) is 190 Å². The Labute approximate surface area is 456 Å². The molecule has 1 amide bonds. The molecule has 0 aliphatic carbocycles. The van der Waals surface area contributed by atoms with Crippen LogP contribution in [-0.4, -0.2) is 90.1 Å². The number of esters is 1. The Balaban J connectivity index is 0.000000158. The van der Waals surface area contributed by atoms with Crippen molar-refractivity contribution in [2.45, 2.75) is 54.9 Å². The largest absolute Gasteiger partial charge is 0.462 e. The van der Waals surface area contributed by atoms with Gasteiger partial charge in [-0.2, -0.15) is 0 Å². The monoisotopic (exact) mass is 1070 g/mol. The summed E-state index contributed by atoms with van der Waals surface area (Å²) in [5.41, 5.74) is 4.15. The standard InChI is InChI=1S/C33H31N5O3S.C28H21N3O4S/c1-37-13-4-7-24(37)8-10-36-33(40)27-20-38-28-15-21-5-2-3-6-22(21)16-29(28)41-30-18-25(17-26(31(30)38)32(27)39)42-14-9-23-19-34-11-12-35-23;1-2-34-28(33)22-16-31-23-11-17-5-3-4-6-18(17)12-24(23)35-25-14-20(13-21(26(25)31)27(22)32)36-10-7-19-15-29-8-9-30-19/h2-3,5-6,11-12,15-20,24H,4,7-10,13-14H2,1H3,(H,36,40);3-6,8-9,11-16H,2,7,10H2,1H3. The third-order valence-corrected chi connectivity index (χ3v) is 16.3. The van der Waals surface area contributed by atoms with Crippen molar-refractivity contribution in [3.63, 3.8) is 0 Å². The molecule has 13 rings (SSSR count). The van der Waals surface area contributed by atoms with Gasteiger partial charge in [0.2, 0.25) is 10.9 Å². The van der Waals surface area contributed by atoms with Crippen molar-refractivity contribution in [1.82, 2.24) is 39.3 Å². The molecule has 15 nitrogen and oxygen atoms in total. The molecule has 0 radical (unpaired) electrons. The van der Waals surface area contributed by atoms with Crippen LogP contribution in [0.2, 0.25) is 0 Å². The summed E-state index contributed by atoms with van der Waals surface area (Å²) in [6, 6.07) is 32.3. The van der Waals surface area contributed by atoms with E-state index in [9.17, 15) is 19.2 Å². The van der Waals surface area contributed by atoms with Gasteiger partial charge in [0.15, 0.2) is 23.0 Å². The van der Waals surface area contributed by atoms with E-state index in [4.69, 9.17) is 14.2 Å². The van der Waals surface area contributed by atoms with E-state index in [0.717, 1.165) is 97.8 Å². The van der Waals surface area contributed by atoms with Crippen LogP contribution in [0, 0.1) is 0 Å². The molecule has 7 heterocycles. The number of likely N-dealkylation sites (tertiary alicyclic amines) is 1. The number of aromatic nitrogens is 6. The Hall–Kier alpha value is -8.38. The van der Waals surface area contributed by atoms with E-state index in [1.54, 1.807) is 80.0 Å². The third kappa shape index (κ3) is 10.1. The fourth-order valence-corrected chi connectivity index (χ4v) is 12.3. The molecule has 10 aromatic rings. The SMILES string of the molecule is CCOC(=O)c1cn2c3c(cc(SCCc4cnccn4)cc3c1=O)Oc1cc3ccccc3cc1-2.CN1CCCC1CCNC(=O)c1cn2c3c(cc(SCCc4cnccn4)cc3c1=O)Oc1cc3ccccc3cc1-2. The number of nitrogens with one attached hydrogen (secondary N) is 1. The van der Waals surface area contributed by atoms with E-state index < -0.39 is 5.97 Å². The molecule has 78 heavy (non-hydrogen) atoms. The number of carbonyl (C=O) groups is 2. The molecule has 6 aromatic carbocycles. The molecule has 1 N–H and O–H groups in total. The van der Waals surface area contributed by atoms with E-state index in [-0.39, 0.29) is 34.5 Å². The number of rotatable bonds is 14. The van der Waals surface area contributed by atoms with Crippen LogP contribution in [0.4, 0.5) is 0 Å². The second kappa shape index (κ2) is 21.9. The average molecular weight is 1070 g/mol. The van der Waals surface area contributed by atoms with Crippen molar-refractivity contribution in [2.75, 3.05) is 38.2 Å². The van der Waals surface area contributed by atoms with Crippen molar-refractivity contribution in [2.24, 2.45) is 0 Å². The fraction of sp³-hybridized carbons (Fsp3) is 0.213. The Morgan fingerprint density at radius 2 is 1.18 bits per heavy atom. The van der Waals surface area contributed by atoms with Crippen molar-refractivity contribution in [1.29, 1.82) is 0 Å². The zero-order valence-corrected chi connectivity index (χ0v) is 44.4. The predicted octanol–water partition coefficient (Wildman–Crippen LogP) is 11.1. The summed E-state index contributed by atoms with van der Waals surface area (Å²) < 4.78 is 21.8. The van der Waals surface area contributed by atoms with Crippen LogP contribution in [0.3, 0.4) is 0 Å².